The maximum absolute atomic E-state index is 11.6. The zero-order valence-electron chi connectivity index (χ0n) is 9.65. The average Bonchev–Trinajstić information content (AvgIpc) is 2.17. The molecule has 1 rings (SSSR count). The van der Waals surface area contributed by atoms with E-state index in [4.69, 9.17) is 4.74 Å². The normalized spacial score (nSPS) is 19.4. The van der Waals surface area contributed by atoms with Crippen LogP contribution in [0.2, 0.25) is 0 Å². The van der Waals surface area contributed by atoms with Crippen molar-refractivity contribution < 1.29 is 19.4 Å². The molecular weight excluding hydrogens is 212 g/mol. The maximum atomic E-state index is 11.6. The monoisotopic (exact) mass is 230 g/mol. The number of carbonyl (C=O) groups is 2. The van der Waals surface area contributed by atoms with Gasteiger partial charge in [-0.1, -0.05) is 0 Å². The van der Waals surface area contributed by atoms with E-state index in [-0.39, 0.29) is 12.5 Å². The predicted molar refractivity (Wildman–Crippen MR) is 57.1 cm³/mol. The van der Waals surface area contributed by atoms with Gasteiger partial charge in [0.1, 0.15) is 5.54 Å². The molecule has 1 aliphatic heterocycles. The van der Waals surface area contributed by atoms with E-state index in [9.17, 15) is 14.7 Å². The van der Waals surface area contributed by atoms with Crippen LogP contribution in [0.25, 0.3) is 0 Å². The van der Waals surface area contributed by atoms with E-state index >= 15 is 0 Å². The van der Waals surface area contributed by atoms with E-state index in [0.717, 1.165) is 0 Å². The van der Waals surface area contributed by atoms with Crippen LogP contribution in [0.1, 0.15) is 12.8 Å². The summed E-state index contributed by atoms with van der Waals surface area (Å²) in [6.07, 6.45) is 0.642. The van der Waals surface area contributed by atoms with Crippen molar-refractivity contribution in [2.45, 2.75) is 18.4 Å². The van der Waals surface area contributed by atoms with Crippen molar-refractivity contribution in [1.82, 2.24) is 10.2 Å². The van der Waals surface area contributed by atoms with Crippen LogP contribution in [0.4, 0.5) is 0 Å². The minimum absolute atomic E-state index is 0.190. The molecule has 0 atom stereocenters. The van der Waals surface area contributed by atoms with Crippen molar-refractivity contribution >= 4 is 11.9 Å². The number of aliphatic carboxylic acids is 1. The molecule has 2 N–H and O–H groups in total. The first-order valence-corrected chi connectivity index (χ1v) is 5.23. The summed E-state index contributed by atoms with van der Waals surface area (Å²) in [5, 5.41) is 11.8. The number of hydrogen-bond donors (Lipinski definition) is 2. The van der Waals surface area contributed by atoms with E-state index in [1.54, 1.807) is 19.0 Å². The second kappa shape index (κ2) is 5.27. The zero-order valence-corrected chi connectivity index (χ0v) is 9.65. The van der Waals surface area contributed by atoms with Crippen LogP contribution < -0.4 is 5.32 Å². The lowest BCUT2D eigenvalue weighted by atomic mass is 9.90. The Morgan fingerprint density at radius 3 is 2.38 bits per heavy atom. The molecule has 0 radical (unpaired) electrons. The fourth-order valence-electron chi connectivity index (χ4n) is 1.71. The molecule has 1 aliphatic rings. The minimum Gasteiger partial charge on any atom is -0.480 e. The summed E-state index contributed by atoms with van der Waals surface area (Å²) in [5.74, 6) is -1.25. The zero-order chi connectivity index (χ0) is 12.2. The highest BCUT2D eigenvalue weighted by Crippen LogP contribution is 2.20. The minimum atomic E-state index is -1.15. The average molecular weight is 230 g/mol. The molecule has 0 saturated carbocycles. The Bertz CT molecular complexity index is 272. The number of nitrogens with zero attached hydrogens (tertiary/aromatic N) is 1. The molecule has 0 aromatic carbocycles. The Morgan fingerprint density at radius 1 is 1.38 bits per heavy atom. The Hall–Kier alpha value is -1.14. The second-order valence-corrected chi connectivity index (χ2v) is 4.29. The molecule has 0 bridgehead atoms. The first-order valence-electron chi connectivity index (χ1n) is 5.23. The van der Waals surface area contributed by atoms with Gasteiger partial charge in [0.2, 0.25) is 5.91 Å². The molecule has 92 valence electrons. The topological polar surface area (TPSA) is 78.9 Å². The van der Waals surface area contributed by atoms with Gasteiger partial charge in [0.15, 0.2) is 0 Å². The lowest BCUT2D eigenvalue weighted by Crippen LogP contribution is -2.58. The molecule has 6 heteroatoms. The van der Waals surface area contributed by atoms with Crippen molar-refractivity contribution in [3.8, 4) is 0 Å². The van der Waals surface area contributed by atoms with Gasteiger partial charge in [-0.2, -0.15) is 0 Å². The maximum Gasteiger partial charge on any atom is 0.329 e. The van der Waals surface area contributed by atoms with Crippen LogP contribution in [0.5, 0.6) is 0 Å². The van der Waals surface area contributed by atoms with Gasteiger partial charge in [-0.15, -0.1) is 0 Å². The summed E-state index contributed by atoms with van der Waals surface area (Å²) in [7, 11) is 3.52. The first-order chi connectivity index (χ1) is 7.46. The van der Waals surface area contributed by atoms with Crippen LogP contribution in [0.3, 0.4) is 0 Å². The third-order valence-electron chi connectivity index (χ3n) is 2.59. The summed E-state index contributed by atoms with van der Waals surface area (Å²) in [6.45, 7) is 0.930. The Kier molecular flexibility index (Phi) is 4.26. The molecular formula is C10H18N2O4. The van der Waals surface area contributed by atoms with Crippen LogP contribution >= 0.6 is 0 Å². The highest BCUT2D eigenvalue weighted by molar-refractivity contribution is 5.87. The number of rotatable bonds is 4. The Morgan fingerprint density at radius 2 is 1.94 bits per heavy atom. The highest BCUT2D eigenvalue weighted by Gasteiger charge is 2.41. The van der Waals surface area contributed by atoms with E-state index in [1.165, 1.54) is 0 Å². The van der Waals surface area contributed by atoms with Crippen molar-refractivity contribution in [3.05, 3.63) is 0 Å². The number of ether oxygens (including phenoxy) is 1. The summed E-state index contributed by atoms with van der Waals surface area (Å²) < 4.78 is 5.11. The second-order valence-electron chi connectivity index (χ2n) is 4.29. The molecule has 1 saturated heterocycles. The summed E-state index contributed by atoms with van der Waals surface area (Å²) in [6, 6.07) is 0. The van der Waals surface area contributed by atoms with E-state index in [2.05, 4.69) is 5.32 Å². The molecule has 0 aromatic rings. The molecule has 0 spiro atoms. The number of hydrogen-bond acceptors (Lipinski definition) is 4. The summed E-state index contributed by atoms with van der Waals surface area (Å²) in [5.41, 5.74) is -1.15. The van der Waals surface area contributed by atoms with Crippen molar-refractivity contribution in [3.63, 3.8) is 0 Å². The SMILES string of the molecule is CN(C)CC(=O)NC1(C(=O)O)CCOCC1. The smallest absolute Gasteiger partial charge is 0.329 e. The highest BCUT2D eigenvalue weighted by atomic mass is 16.5. The van der Waals surface area contributed by atoms with E-state index < -0.39 is 11.5 Å². The number of carbonyl (C=O) groups excluding carboxylic acids is 1. The van der Waals surface area contributed by atoms with Crippen LogP contribution in [-0.2, 0) is 14.3 Å². The van der Waals surface area contributed by atoms with Gasteiger partial charge in [0.05, 0.1) is 6.54 Å². The molecule has 0 aromatic heterocycles. The Labute approximate surface area is 94.6 Å². The molecule has 1 heterocycles. The fourth-order valence-corrected chi connectivity index (χ4v) is 1.71. The number of amides is 1. The van der Waals surface area contributed by atoms with Gasteiger partial charge < -0.3 is 20.1 Å². The van der Waals surface area contributed by atoms with Crippen LogP contribution in [-0.4, -0.2) is 61.3 Å². The lowest BCUT2D eigenvalue weighted by Gasteiger charge is -2.34. The number of carboxylic acid groups (broad SMARTS) is 1. The van der Waals surface area contributed by atoms with E-state index in [1.807, 2.05) is 0 Å². The number of carboxylic acids is 1. The van der Waals surface area contributed by atoms with Gasteiger partial charge in [-0.25, -0.2) is 4.79 Å². The standard InChI is InChI=1S/C10H18N2O4/c1-12(2)7-8(13)11-10(9(14)15)3-5-16-6-4-10/h3-7H2,1-2H3,(H,11,13)(H,14,15). The Balaban J connectivity index is 2.64. The van der Waals surface area contributed by atoms with Crippen molar-refractivity contribution in [1.29, 1.82) is 0 Å². The number of likely N-dealkylation sites (N-methyl/N-ethyl adjacent to an activating group) is 1. The molecule has 16 heavy (non-hydrogen) atoms. The first kappa shape index (κ1) is 12.9. The fraction of sp³-hybridized carbons (Fsp3) is 0.800. The summed E-state index contributed by atoms with van der Waals surface area (Å²) >= 11 is 0. The van der Waals surface area contributed by atoms with Crippen LogP contribution in [0.15, 0.2) is 0 Å². The summed E-state index contributed by atoms with van der Waals surface area (Å²) in [4.78, 5) is 24.5. The van der Waals surface area contributed by atoms with E-state index in [0.29, 0.717) is 26.1 Å². The third kappa shape index (κ3) is 3.18. The quantitative estimate of drug-likeness (QED) is 0.667. The van der Waals surface area contributed by atoms with Gasteiger partial charge >= 0.3 is 5.97 Å². The van der Waals surface area contributed by atoms with Gasteiger partial charge in [0.25, 0.3) is 0 Å². The molecule has 1 amide bonds. The lowest BCUT2D eigenvalue weighted by molar-refractivity contribution is -0.152. The van der Waals surface area contributed by atoms with Crippen molar-refractivity contribution in [2.24, 2.45) is 0 Å². The molecule has 1 fully saturated rings. The van der Waals surface area contributed by atoms with Crippen LogP contribution in [0, 0.1) is 0 Å². The molecule has 0 unspecified atom stereocenters. The predicted octanol–water partition coefficient (Wildman–Crippen LogP) is -0.702. The van der Waals surface area contributed by atoms with Gasteiger partial charge in [-0.05, 0) is 14.1 Å². The third-order valence-corrected chi connectivity index (χ3v) is 2.59. The largest absolute Gasteiger partial charge is 0.480 e. The van der Waals surface area contributed by atoms with Gasteiger partial charge in [-0.3, -0.25) is 4.79 Å². The number of nitrogens with one attached hydrogen (secondary N) is 1. The molecule has 6 nitrogen and oxygen atoms in total. The van der Waals surface area contributed by atoms with Gasteiger partial charge in [0, 0.05) is 26.1 Å². The molecule has 0 aliphatic carbocycles. The van der Waals surface area contributed by atoms with Crippen molar-refractivity contribution in [2.75, 3.05) is 33.9 Å².